The van der Waals surface area contributed by atoms with E-state index in [2.05, 4.69) is 45.1 Å². The van der Waals surface area contributed by atoms with Crippen molar-refractivity contribution < 1.29 is 4.79 Å². The lowest BCUT2D eigenvalue weighted by Gasteiger charge is -2.23. The van der Waals surface area contributed by atoms with E-state index in [0.29, 0.717) is 11.3 Å². The highest BCUT2D eigenvalue weighted by Crippen LogP contribution is 2.61. The van der Waals surface area contributed by atoms with Crippen molar-refractivity contribution in [2.75, 3.05) is 6.54 Å². The number of aryl methyl sites for hydroxylation is 2. The van der Waals surface area contributed by atoms with Crippen LogP contribution in [-0.2, 0) is 24.7 Å². The number of nitrogens with zero attached hydrogens (tertiary/aromatic N) is 1. The number of H-pyrrole nitrogens is 1. The Morgan fingerprint density at radius 2 is 2.20 bits per heavy atom. The van der Waals surface area contributed by atoms with E-state index in [9.17, 15) is 4.79 Å². The Labute approximate surface area is 147 Å². The molecule has 0 radical (unpaired) electrons. The molecular formula is C20H24N4O. The van der Waals surface area contributed by atoms with Crippen LogP contribution in [0.5, 0.6) is 0 Å². The quantitative estimate of drug-likeness (QED) is 0.806. The van der Waals surface area contributed by atoms with Gasteiger partial charge in [0.25, 0.3) is 0 Å². The van der Waals surface area contributed by atoms with Crippen LogP contribution in [0.1, 0.15) is 41.6 Å². The summed E-state index contributed by atoms with van der Waals surface area (Å²) in [5.41, 5.74) is 5.84. The number of hydrogen-bond acceptors (Lipinski definition) is 2. The summed E-state index contributed by atoms with van der Waals surface area (Å²) in [6.45, 7) is 0.782. The maximum absolute atomic E-state index is 12.3. The topological polar surface area (TPSA) is 69.8 Å². The van der Waals surface area contributed by atoms with Crippen molar-refractivity contribution in [1.82, 2.24) is 20.8 Å². The minimum atomic E-state index is -0.0229. The van der Waals surface area contributed by atoms with E-state index in [4.69, 9.17) is 0 Å². The molecule has 0 bridgehead atoms. The Hall–Kier alpha value is -2.30. The molecule has 3 aliphatic carbocycles. The maximum atomic E-state index is 12.3. The Kier molecular flexibility index (Phi) is 3.37. The van der Waals surface area contributed by atoms with E-state index >= 15 is 0 Å². The van der Waals surface area contributed by atoms with Crippen LogP contribution >= 0.6 is 0 Å². The van der Waals surface area contributed by atoms with E-state index in [-0.39, 0.29) is 12.1 Å². The van der Waals surface area contributed by atoms with Crippen LogP contribution in [0, 0.1) is 5.92 Å². The molecular weight excluding hydrogens is 312 g/mol. The molecule has 3 aliphatic rings. The highest BCUT2D eigenvalue weighted by atomic mass is 16.2. The van der Waals surface area contributed by atoms with Gasteiger partial charge < -0.3 is 10.6 Å². The van der Waals surface area contributed by atoms with Gasteiger partial charge in [-0.3, -0.25) is 5.10 Å². The van der Waals surface area contributed by atoms with E-state index in [1.807, 2.05) is 6.20 Å². The number of aromatic amines is 1. The van der Waals surface area contributed by atoms with Crippen LogP contribution in [0.15, 0.2) is 30.5 Å². The van der Waals surface area contributed by atoms with Gasteiger partial charge in [0.05, 0.1) is 6.20 Å². The van der Waals surface area contributed by atoms with Crippen LogP contribution < -0.4 is 10.6 Å². The lowest BCUT2D eigenvalue weighted by molar-refractivity contribution is 0.235. The largest absolute Gasteiger partial charge is 0.338 e. The molecule has 3 N–H and O–H groups in total. The van der Waals surface area contributed by atoms with E-state index < -0.39 is 0 Å². The number of hydrogen-bond donors (Lipinski definition) is 3. The first-order valence-corrected chi connectivity index (χ1v) is 9.38. The smallest absolute Gasteiger partial charge is 0.315 e. The predicted octanol–water partition coefficient (Wildman–Crippen LogP) is 2.47. The summed E-state index contributed by atoms with van der Waals surface area (Å²) < 4.78 is 0. The van der Waals surface area contributed by atoms with Crippen molar-refractivity contribution in [2.24, 2.45) is 5.92 Å². The molecule has 1 heterocycles. The van der Waals surface area contributed by atoms with Crippen LogP contribution in [-0.4, -0.2) is 28.8 Å². The zero-order valence-electron chi connectivity index (χ0n) is 14.3. The summed E-state index contributed by atoms with van der Waals surface area (Å²) in [5, 5.41) is 13.4. The zero-order chi connectivity index (χ0) is 16.9. The highest BCUT2D eigenvalue weighted by Gasteiger charge is 2.57. The molecule has 0 unspecified atom stereocenters. The fourth-order valence-corrected chi connectivity index (χ4v) is 4.99. The molecule has 5 rings (SSSR count). The highest BCUT2D eigenvalue weighted by molar-refractivity contribution is 5.74. The Morgan fingerprint density at radius 1 is 1.28 bits per heavy atom. The number of nitrogens with one attached hydrogen (secondary N) is 3. The average molecular weight is 336 g/mol. The fourth-order valence-electron chi connectivity index (χ4n) is 4.99. The molecule has 2 aromatic rings. The third kappa shape index (κ3) is 2.53. The lowest BCUT2D eigenvalue weighted by Crippen LogP contribution is -2.45. The van der Waals surface area contributed by atoms with Gasteiger partial charge in [0.1, 0.15) is 0 Å². The monoisotopic (exact) mass is 336 g/mol. The SMILES string of the molecule is O=C(NC[C@@H]1C[C@@]12CCc1ccccc12)N[C@H]1CCc2[nH]ncc2C1. The van der Waals surface area contributed by atoms with Gasteiger partial charge in [-0.25, -0.2) is 4.79 Å². The third-order valence-corrected chi connectivity index (χ3v) is 6.49. The summed E-state index contributed by atoms with van der Waals surface area (Å²) >= 11 is 0. The Balaban J connectivity index is 1.14. The molecule has 1 spiro atoms. The molecule has 25 heavy (non-hydrogen) atoms. The van der Waals surface area contributed by atoms with E-state index in [1.54, 1.807) is 0 Å². The molecule has 1 saturated carbocycles. The van der Waals surface area contributed by atoms with Crippen molar-refractivity contribution in [2.45, 2.75) is 50.0 Å². The molecule has 0 aliphatic heterocycles. The van der Waals surface area contributed by atoms with Gasteiger partial charge in [-0.2, -0.15) is 5.10 Å². The number of carbonyl (C=O) groups is 1. The number of benzene rings is 1. The van der Waals surface area contributed by atoms with Crippen molar-refractivity contribution >= 4 is 6.03 Å². The van der Waals surface area contributed by atoms with Crippen molar-refractivity contribution in [3.8, 4) is 0 Å². The molecule has 3 atom stereocenters. The summed E-state index contributed by atoms with van der Waals surface area (Å²) in [4.78, 5) is 12.3. The standard InChI is InChI=1S/C20H24N4O/c25-19(23-16-5-6-18-14(9-16)11-22-24-18)21-12-15-10-20(15)8-7-13-3-1-2-4-17(13)20/h1-4,11,15-16H,5-10,12H2,(H,22,24)(H2,21,23,25)/t15-,16-,20-/m0/s1. The van der Waals surface area contributed by atoms with E-state index in [1.165, 1.54) is 41.6 Å². The number of fused-ring (bicyclic) bond motifs is 3. The van der Waals surface area contributed by atoms with Crippen molar-refractivity contribution in [3.63, 3.8) is 0 Å². The van der Waals surface area contributed by atoms with Gasteiger partial charge in [-0.05, 0) is 61.1 Å². The number of aromatic nitrogens is 2. The lowest BCUT2D eigenvalue weighted by atomic mass is 9.94. The summed E-state index contributed by atoms with van der Waals surface area (Å²) in [5.74, 6) is 0.591. The Bertz CT molecular complexity index is 814. The van der Waals surface area contributed by atoms with E-state index in [0.717, 1.165) is 25.8 Å². The van der Waals surface area contributed by atoms with Gasteiger partial charge in [0, 0.05) is 23.7 Å². The van der Waals surface area contributed by atoms with Gasteiger partial charge in [0.2, 0.25) is 0 Å². The first kappa shape index (κ1) is 15.0. The van der Waals surface area contributed by atoms with Crippen molar-refractivity contribution in [1.29, 1.82) is 0 Å². The van der Waals surface area contributed by atoms with Crippen LogP contribution in [0.25, 0.3) is 0 Å². The summed E-state index contributed by atoms with van der Waals surface area (Å²) in [7, 11) is 0. The second kappa shape index (κ2) is 5.61. The first-order valence-electron chi connectivity index (χ1n) is 9.38. The molecule has 1 aromatic heterocycles. The van der Waals surface area contributed by atoms with Gasteiger partial charge in [0.15, 0.2) is 0 Å². The molecule has 1 fully saturated rings. The Morgan fingerprint density at radius 3 is 3.16 bits per heavy atom. The maximum Gasteiger partial charge on any atom is 0.315 e. The number of carbonyl (C=O) groups excluding carboxylic acids is 1. The minimum Gasteiger partial charge on any atom is -0.338 e. The number of urea groups is 1. The number of rotatable bonds is 3. The first-order chi connectivity index (χ1) is 12.2. The predicted molar refractivity (Wildman–Crippen MR) is 95.5 cm³/mol. The molecule has 2 amide bonds. The fraction of sp³-hybridized carbons (Fsp3) is 0.500. The molecule has 5 heteroatoms. The normalized spacial score (nSPS) is 29.1. The van der Waals surface area contributed by atoms with Gasteiger partial charge in [-0.15, -0.1) is 0 Å². The molecule has 130 valence electrons. The number of amides is 2. The van der Waals surface area contributed by atoms with Crippen LogP contribution in [0.2, 0.25) is 0 Å². The molecule has 0 saturated heterocycles. The van der Waals surface area contributed by atoms with Crippen molar-refractivity contribution in [3.05, 3.63) is 52.8 Å². The second-order valence-corrected chi connectivity index (χ2v) is 7.88. The molecule has 1 aromatic carbocycles. The average Bonchev–Trinajstić information content (AvgIpc) is 2.95. The molecule has 5 nitrogen and oxygen atoms in total. The van der Waals surface area contributed by atoms with Gasteiger partial charge in [-0.1, -0.05) is 24.3 Å². The van der Waals surface area contributed by atoms with Gasteiger partial charge >= 0.3 is 6.03 Å². The summed E-state index contributed by atoms with van der Waals surface area (Å²) in [6, 6.07) is 9.01. The second-order valence-electron chi connectivity index (χ2n) is 7.88. The summed E-state index contributed by atoms with van der Waals surface area (Å²) in [6.07, 6.45) is 8.34. The minimum absolute atomic E-state index is 0.0229. The van der Waals surface area contributed by atoms with Crippen LogP contribution in [0.4, 0.5) is 4.79 Å². The third-order valence-electron chi connectivity index (χ3n) is 6.49. The van der Waals surface area contributed by atoms with Crippen LogP contribution in [0.3, 0.4) is 0 Å². The zero-order valence-corrected chi connectivity index (χ0v) is 14.3.